The molecule has 5 nitrogen and oxygen atoms in total. The quantitative estimate of drug-likeness (QED) is 0.840. The zero-order chi connectivity index (χ0) is 17.6. The maximum absolute atomic E-state index is 12.7. The number of carbonyl (C=O) groups excluding carboxylic acids is 1. The van der Waals surface area contributed by atoms with Crippen LogP contribution in [0.2, 0.25) is 0 Å². The maximum atomic E-state index is 12.7. The lowest BCUT2D eigenvalue weighted by molar-refractivity contribution is 0.0792. The fraction of sp³-hybridized carbons (Fsp3) is 0.300. The molecule has 0 aliphatic carbocycles. The van der Waals surface area contributed by atoms with Crippen molar-refractivity contribution in [2.45, 2.75) is 19.4 Å². The second-order valence-electron chi connectivity index (χ2n) is 5.93. The van der Waals surface area contributed by atoms with Crippen molar-refractivity contribution in [3.05, 3.63) is 59.2 Å². The minimum Gasteiger partial charge on any atom is -0.493 e. The summed E-state index contributed by atoms with van der Waals surface area (Å²) in [6, 6.07) is 15.0. The van der Waals surface area contributed by atoms with Gasteiger partial charge >= 0.3 is 0 Å². The van der Waals surface area contributed by atoms with E-state index < -0.39 is 0 Å². The highest BCUT2D eigenvalue weighted by molar-refractivity contribution is 5.97. The van der Waals surface area contributed by atoms with E-state index in [9.17, 15) is 10.1 Å². The van der Waals surface area contributed by atoms with E-state index in [1.807, 2.05) is 30.3 Å². The first-order valence-electron chi connectivity index (χ1n) is 8.31. The van der Waals surface area contributed by atoms with Crippen LogP contribution >= 0.6 is 0 Å². The lowest BCUT2D eigenvalue weighted by atomic mass is 10.1. The molecule has 0 aromatic heterocycles. The van der Waals surface area contributed by atoms with E-state index in [4.69, 9.17) is 9.47 Å². The molecule has 1 amide bonds. The van der Waals surface area contributed by atoms with Crippen molar-refractivity contribution in [3.63, 3.8) is 0 Å². The van der Waals surface area contributed by atoms with Crippen LogP contribution in [0.25, 0.3) is 0 Å². The molecular formula is C20H20N2O3. The maximum Gasteiger partial charge on any atom is 0.255 e. The number of ether oxygens (including phenoxy) is 2. The van der Waals surface area contributed by atoms with Gasteiger partial charge in [-0.15, -0.1) is 0 Å². The minimum atomic E-state index is -0.124. The van der Waals surface area contributed by atoms with Gasteiger partial charge < -0.3 is 14.4 Å². The predicted molar refractivity (Wildman–Crippen MR) is 93.6 cm³/mol. The van der Waals surface area contributed by atoms with Gasteiger partial charge in [-0.2, -0.15) is 5.26 Å². The zero-order valence-corrected chi connectivity index (χ0v) is 14.2. The molecule has 0 N–H and O–H groups in total. The highest BCUT2D eigenvalue weighted by Crippen LogP contribution is 2.32. The third-order valence-electron chi connectivity index (χ3n) is 4.29. The Morgan fingerprint density at radius 2 is 1.88 bits per heavy atom. The van der Waals surface area contributed by atoms with Crippen LogP contribution in [-0.2, 0) is 6.61 Å². The van der Waals surface area contributed by atoms with Gasteiger partial charge in [-0.1, -0.05) is 30.3 Å². The molecule has 2 aromatic rings. The van der Waals surface area contributed by atoms with Gasteiger partial charge in [-0.25, -0.2) is 0 Å². The second kappa shape index (κ2) is 7.71. The molecule has 25 heavy (non-hydrogen) atoms. The molecule has 0 unspecified atom stereocenters. The lowest BCUT2D eigenvalue weighted by Crippen LogP contribution is -2.28. The Bertz CT molecular complexity index is 791. The van der Waals surface area contributed by atoms with Crippen LogP contribution < -0.4 is 9.47 Å². The van der Waals surface area contributed by atoms with Crippen molar-refractivity contribution < 1.29 is 14.3 Å². The zero-order valence-electron chi connectivity index (χ0n) is 14.2. The topological polar surface area (TPSA) is 62.6 Å². The van der Waals surface area contributed by atoms with Crippen LogP contribution in [0.1, 0.15) is 34.3 Å². The van der Waals surface area contributed by atoms with E-state index in [0.29, 0.717) is 29.2 Å². The fourth-order valence-corrected chi connectivity index (χ4v) is 2.93. The molecule has 0 saturated carbocycles. The first-order chi connectivity index (χ1) is 12.2. The molecule has 5 heteroatoms. The lowest BCUT2D eigenvalue weighted by Gasteiger charge is -2.18. The third kappa shape index (κ3) is 3.74. The molecule has 128 valence electrons. The molecule has 0 atom stereocenters. The summed E-state index contributed by atoms with van der Waals surface area (Å²) in [6.45, 7) is 1.83. The van der Waals surface area contributed by atoms with E-state index in [2.05, 4.69) is 6.07 Å². The summed E-state index contributed by atoms with van der Waals surface area (Å²) in [6.07, 6.45) is 2.00. The molecule has 2 aromatic carbocycles. The summed E-state index contributed by atoms with van der Waals surface area (Å²) in [5.74, 6) is 0.791. The highest BCUT2D eigenvalue weighted by atomic mass is 16.5. The van der Waals surface area contributed by atoms with Crippen LogP contribution in [0, 0.1) is 11.3 Å². The second-order valence-corrected chi connectivity index (χ2v) is 5.93. The van der Waals surface area contributed by atoms with Gasteiger partial charge in [0.1, 0.15) is 12.7 Å². The number of hydrogen-bond acceptors (Lipinski definition) is 4. The number of methoxy groups -OCH3 is 1. The van der Waals surface area contributed by atoms with Gasteiger partial charge in [0, 0.05) is 19.2 Å². The normalized spacial score (nSPS) is 13.4. The number of nitriles is 1. The smallest absolute Gasteiger partial charge is 0.255 e. The fourth-order valence-electron chi connectivity index (χ4n) is 2.93. The van der Waals surface area contributed by atoms with Crippen molar-refractivity contribution in [1.29, 1.82) is 5.26 Å². The Kier molecular flexibility index (Phi) is 5.20. The molecule has 3 rings (SSSR count). The van der Waals surface area contributed by atoms with Gasteiger partial charge in [0.25, 0.3) is 5.91 Å². The average molecular weight is 336 g/mol. The molecule has 0 bridgehead atoms. The molecule has 0 radical (unpaired) electrons. The number of hydrogen-bond donors (Lipinski definition) is 0. The van der Waals surface area contributed by atoms with Gasteiger partial charge in [0.15, 0.2) is 11.5 Å². The Labute approximate surface area is 147 Å². The molecule has 1 heterocycles. The Morgan fingerprint density at radius 3 is 2.52 bits per heavy atom. The van der Waals surface area contributed by atoms with Gasteiger partial charge in [0.05, 0.1) is 18.2 Å². The van der Waals surface area contributed by atoms with Crippen LogP contribution in [-0.4, -0.2) is 31.0 Å². The third-order valence-corrected chi connectivity index (χ3v) is 4.29. The minimum absolute atomic E-state index is 0.124. The molecule has 1 aliphatic heterocycles. The highest BCUT2D eigenvalue weighted by Gasteiger charge is 2.24. The van der Waals surface area contributed by atoms with E-state index in [0.717, 1.165) is 31.5 Å². The summed E-state index contributed by atoms with van der Waals surface area (Å²) in [4.78, 5) is 14.5. The van der Waals surface area contributed by atoms with Crippen LogP contribution in [0.5, 0.6) is 11.5 Å². The van der Waals surface area contributed by atoms with E-state index in [1.165, 1.54) is 7.11 Å². The number of nitrogens with zero attached hydrogens (tertiary/aromatic N) is 2. The van der Waals surface area contributed by atoms with E-state index >= 15 is 0 Å². The molecule has 0 spiro atoms. The van der Waals surface area contributed by atoms with Crippen LogP contribution in [0.4, 0.5) is 0 Å². The van der Waals surface area contributed by atoms with Crippen LogP contribution in [0.15, 0.2) is 42.5 Å². The van der Waals surface area contributed by atoms with Gasteiger partial charge in [-0.05, 0) is 24.5 Å². The number of rotatable bonds is 5. The van der Waals surface area contributed by atoms with Crippen molar-refractivity contribution in [2.24, 2.45) is 0 Å². The first kappa shape index (κ1) is 16.8. The average Bonchev–Trinajstić information content (AvgIpc) is 3.20. The summed E-state index contributed by atoms with van der Waals surface area (Å²) in [5, 5.41) is 9.41. The molecule has 1 aliphatic rings. The van der Waals surface area contributed by atoms with E-state index in [-0.39, 0.29) is 5.91 Å². The standard InChI is InChI=1S/C20H20N2O3/c1-24-18-11-16(13-21)17(20(23)22-9-5-6-10-22)12-19(18)25-14-15-7-3-2-4-8-15/h2-4,7-8,11-12H,5-6,9-10,14H2,1H3. The van der Waals surface area contributed by atoms with E-state index in [1.54, 1.807) is 17.0 Å². The van der Waals surface area contributed by atoms with Gasteiger partial charge in [-0.3, -0.25) is 4.79 Å². The monoisotopic (exact) mass is 336 g/mol. The number of carbonyl (C=O) groups is 1. The van der Waals surface area contributed by atoms with Crippen molar-refractivity contribution in [1.82, 2.24) is 4.90 Å². The molecule has 1 saturated heterocycles. The summed E-state index contributed by atoms with van der Waals surface area (Å²) < 4.78 is 11.2. The summed E-state index contributed by atoms with van der Waals surface area (Å²) >= 11 is 0. The number of likely N-dealkylation sites (tertiary alicyclic amines) is 1. The Balaban J connectivity index is 1.89. The summed E-state index contributed by atoms with van der Waals surface area (Å²) in [5.41, 5.74) is 1.69. The number of amides is 1. The van der Waals surface area contributed by atoms with Crippen LogP contribution in [0.3, 0.4) is 0 Å². The van der Waals surface area contributed by atoms with Crippen molar-refractivity contribution in [3.8, 4) is 17.6 Å². The van der Waals surface area contributed by atoms with Crippen molar-refractivity contribution >= 4 is 5.91 Å². The largest absolute Gasteiger partial charge is 0.493 e. The van der Waals surface area contributed by atoms with Gasteiger partial charge in [0.2, 0.25) is 0 Å². The molecular weight excluding hydrogens is 316 g/mol. The summed E-state index contributed by atoms with van der Waals surface area (Å²) in [7, 11) is 1.52. The number of benzene rings is 2. The Morgan fingerprint density at radius 1 is 1.16 bits per heavy atom. The molecule has 1 fully saturated rings. The van der Waals surface area contributed by atoms with Crippen molar-refractivity contribution in [2.75, 3.05) is 20.2 Å². The first-order valence-corrected chi connectivity index (χ1v) is 8.31. The predicted octanol–water partition coefficient (Wildman–Crippen LogP) is 3.38. The SMILES string of the molecule is COc1cc(C#N)c(C(=O)N2CCCC2)cc1OCc1ccccc1. The Hall–Kier alpha value is -3.00.